The first kappa shape index (κ1) is 26.2. The van der Waals surface area contributed by atoms with Gasteiger partial charge < -0.3 is 19.1 Å². The van der Waals surface area contributed by atoms with Crippen molar-refractivity contribution < 1.29 is 22.5 Å². The van der Waals surface area contributed by atoms with E-state index in [1.807, 2.05) is 38.1 Å². The molecule has 37 heavy (non-hydrogen) atoms. The van der Waals surface area contributed by atoms with Crippen LogP contribution in [0.1, 0.15) is 5.69 Å². The van der Waals surface area contributed by atoms with Gasteiger partial charge >= 0.3 is 0 Å². The molecule has 0 spiro atoms. The van der Waals surface area contributed by atoms with Crippen molar-refractivity contribution in [1.29, 1.82) is 0 Å². The van der Waals surface area contributed by atoms with Crippen LogP contribution in [0.15, 0.2) is 53.8 Å². The highest BCUT2D eigenvalue weighted by atomic mass is 32.2. The maximum Gasteiger partial charge on any atom is 0.238 e. The third kappa shape index (κ3) is 5.78. The number of hydrogen-bond donors (Lipinski definition) is 1. The van der Waals surface area contributed by atoms with Crippen LogP contribution in [0.25, 0.3) is 22.0 Å². The second-order valence-corrected chi connectivity index (χ2v) is 10.6. The summed E-state index contributed by atoms with van der Waals surface area (Å²) in [5.74, 6) is 2.61. The van der Waals surface area contributed by atoms with Crippen LogP contribution in [0.3, 0.4) is 0 Å². The van der Waals surface area contributed by atoms with E-state index in [9.17, 15) is 13.0 Å². The molecule has 0 saturated carbocycles. The Balaban J connectivity index is 1.78. The number of hydrogen-bond acceptors (Lipinski definition) is 7. The number of pyridine rings is 1. The number of rotatable bonds is 9. The van der Waals surface area contributed by atoms with E-state index in [-0.39, 0.29) is 16.5 Å². The van der Waals surface area contributed by atoms with Crippen molar-refractivity contribution in [3.8, 4) is 22.8 Å². The fraction of sp³-hybridized carbons (Fsp3) is 0.231. The van der Waals surface area contributed by atoms with Crippen LogP contribution >= 0.6 is 0 Å². The van der Waals surface area contributed by atoms with Gasteiger partial charge in [0.05, 0.1) is 21.7 Å². The summed E-state index contributed by atoms with van der Waals surface area (Å²) in [4.78, 5) is 14.8. The van der Waals surface area contributed by atoms with Gasteiger partial charge in [0.1, 0.15) is 41.5 Å². The van der Waals surface area contributed by atoms with Gasteiger partial charge in [0.15, 0.2) is 0 Å². The smallest absolute Gasteiger partial charge is 0.238 e. The van der Waals surface area contributed by atoms with E-state index >= 15 is 0 Å². The number of halogens is 2. The maximum atomic E-state index is 14.4. The number of likely N-dealkylation sites (N-methyl/N-ethyl adjacent to an activating group) is 1. The van der Waals surface area contributed by atoms with Crippen LogP contribution in [-0.4, -0.2) is 64.3 Å². The molecule has 1 unspecified atom stereocenters. The highest BCUT2D eigenvalue weighted by Gasteiger charge is 2.18. The third-order valence-corrected chi connectivity index (χ3v) is 7.19. The van der Waals surface area contributed by atoms with Crippen molar-refractivity contribution >= 4 is 32.2 Å². The molecule has 0 aliphatic heterocycles. The molecule has 0 saturated heterocycles. The molecule has 0 bridgehead atoms. The summed E-state index contributed by atoms with van der Waals surface area (Å²) in [6.07, 6.45) is 3.09. The summed E-state index contributed by atoms with van der Waals surface area (Å²) in [5, 5.41) is 0.805. The van der Waals surface area contributed by atoms with Gasteiger partial charge in [-0.1, -0.05) is 0 Å². The maximum absolute atomic E-state index is 14.4. The third-order valence-electron chi connectivity index (χ3n) is 5.60. The zero-order chi connectivity index (χ0) is 26.7. The lowest BCUT2D eigenvalue weighted by Gasteiger charge is -2.17. The first-order valence-corrected chi connectivity index (χ1v) is 13.0. The van der Waals surface area contributed by atoms with Crippen molar-refractivity contribution in [2.24, 2.45) is 0 Å². The highest BCUT2D eigenvalue weighted by molar-refractivity contribution is 8.01. The average molecular weight is 528 g/mol. The number of fused-ring (bicyclic) bond motifs is 1. The number of benzene rings is 2. The van der Waals surface area contributed by atoms with Crippen LogP contribution in [0, 0.1) is 18.6 Å². The van der Waals surface area contributed by atoms with Gasteiger partial charge in [0.2, 0.25) is 5.88 Å². The number of nitrogens with one attached hydrogen (secondary N) is 1. The Morgan fingerprint density at radius 2 is 1.86 bits per heavy atom. The Labute approximate surface area is 214 Å². The minimum absolute atomic E-state index is 0.130. The highest BCUT2D eigenvalue weighted by Crippen LogP contribution is 2.35. The molecule has 4 aromatic rings. The second-order valence-electron chi connectivity index (χ2n) is 8.61. The van der Waals surface area contributed by atoms with Crippen molar-refractivity contribution in [3.63, 3.8) is 0 Å². The first-order chi connectivity index (χ1) is 17.6. The first-order valence-electron chi connectivity index (χ1n) is 11.3. The summed E-state index contributed by atoms with van der Waals surface area (Å²) in [6, 6.07) is 8.21. The number of nitrogens with zero attached hydrogens (tertiary/aromatic N) is 4. The SMILES string of the molecule is C=S(=O)(Nc1cc(-c2cc(OCCN(C)C)c3ncnc(C)c3c2)cnc1OC)c1ccc(F)cc1F. The molecule has 0 fully saturated rings. The van der Waals surface area contributed by atoms with E-state index in [0.717, 1.165) is 28.8 Å². The van der Waals surface area contributed by atoms with Crippen LogP contribution in [0.4, 0.5) is 14.5 Å². The summed E-state index contributed by atoms with van der Waals surface area (Å²) in [7, 11) is 1.90. The predicted octanol–water partition coefficient (Wildman–Crippen LogP) is 4.33. The lowest BCUT2D eigenvalue weighted by Crippen LogP contribution is -2.19. The van der Waals surface area contributed by atoms with E-state index in [1.54, 1.807) is 12.3 Å². The molecule has 2 aromatic heterocycles. The van der Waals surface area contributed by atoms with Gasteiger partial charge in [-0.05, 0) is 62.8 Å². The largest absolute Gasteiger partial charge is 0.490 e. The molecule has 0 amide bonds. The molecular formula is C26H27F2N5O3S. The van der Waals surface area contributed by atoms with E-state index in [1.165, 1.54) is 13.4 Å². The minimum Gasteiger partial charge on any atom is -0.490 e. The quantitative estimate of drug-likeness (QED) is 0.324. The van der Waals surface area contributed by atoms with Crippen LogP contribution < -0.4 is 14.2 Å². The van der Waals surface area contributed by atoms with Gasteiger partial charge in [0.25, 0.3) is 0 Å². The Morgan fingerprint density at radius 3 is 2.57 bits per heavy atom. The molecule has 11 heteroatoms. The number of anilines is 1. The Hall–Kier alpha value is -3.83. The van der Waals surface area contributed by atoms with Crippen molar-refractivity contribution in [2.45, 2.75) is 11.8 Å². The normalized spacial score (nSPS) is 12.9. The van der Waals surface area contributed by atoms with E-state index in [4.69, 9.17) is 9.47 Å². The molecule has 1 N–H and O–H groups in total. The Bertz CT molecular complexity index is 1560. The van der Waals surface area contributed by atoms with Gasteiger partial charge in [-0.15, -0.1) is 0 Å². The lowest BCUT2D eigenvalue weighted by atomic mass is 10.0. The zero-order valence-electron chi connectivity index (χ0n) is 20.9. The van der Waals surface area contributed by atoms with E-state index in [0.29, 0.717) is 36.0 Å². The van der Waals surface area contributed by atoms with Crippen molar-refractivity contribution in [3.05, 3.63) is 66.3 Å². The molecule has 194 valence electrons. The molecular weight excluding hydrogens is 500 g/mol. The monoisotopic (exact) mass is 527 g/mol. The minimum atomic E-state index is -3.42. The van der Waals surface area contributed by atoms with Crippen LogP contribution in [0.5, 0.6) is 11.6 Å². The molecule has 2 aromatic carbocycles. The fourth-order valence-electron chi connectivity index (χ4n) is 3.70. The number of aromatic nitrogens is 3. The topological polar surface area (TPSA) is 89.5 Å². The van der Waals surface area contributed by atoms with Gasteiger partial charge in [-0.25, -0.2) is 27.9 Å². The average Bonchev–Trinajstić information content (AvgIpc) is 2.83. The summed E-state index contributed by atoms with van der Waals surface area (Å²) >= 11 is 0. The second kappa shape index (κ2) is 10.7. The molecule has 2 heterocycles. The molecule has 0 radical (unpaired) electrons. The van der Waals surface area contributed by atoms with Gasteiger partial charge in [0, 0.05) is 35.5 Å². The summed E-state index contributed by atoms with van der Waals surface area (Å²) in [6.45, 7) is 3.05. The molecule has 8 nitrogen and oxygen atoms in total. The predicted molar refractivity (Wildman–Crippen MR) is 142 cm³/mol. The van der Waals surface area contributed by atoms with Gasteiger partial charge in [-0.2, -0.15) is 0 Å². The Morgan fingerprint density at radius 1 is 1.08 bits per heavy atom. The van der Waals surface area contributed by atoms with Crippen LogP contribution in [0.2, 0.25) is 0 Å². The fourth-order valence-corrected chi connectivity index (χ4v) is 4.97. The summed E-state index contributed by atoms with van der Waals surface area (Å²) < 4.78 is 55.2. The van der Waals surface area contributed by atoms with E-state index < -0.39 is 21.3 Å². The molecule has 0 aliphatic rings. The molecule has 0 aliphatic carbocycles. The number of ether oxygens (including phenoxy) is 2. The molecule has 4 rings (SSSR count). The standard InChI is InChI=1S/C26H27F2N5O3S/c1-16-20-10-17(12-23(25(20)31-15-30-16)36-9-8-33(2)3)18-11-22(26(35-4)29-14-18)32-37(5,34)24-7-6-19(27)13-21(24)28/h6-7,10-15H,5,8-9H2,1-4H3,(H,32,34). The van der Waals surface area contributed by atoms with Crippen LogP contribution in [-0.2, 0) is 9.71 Å². The zero-order valence-corrected chi connectivity index (χ0v) is 21.7. The number of methoxy groups -OCH3 is 1. The van der Waals surface area contributed by atoms with Crippen molar-refractivity contribution in [1.82, 2.24) is 19.9 Å². The summed E-state index contributed by atoms with van der Waals surface area (Å²) in [5.41, 5.74) is 3.06. The lowest BCUT2D eigenvalue weighted by molar-refractivity contribution is 0.263. The van der Waals surface area contributed by atoms with Crippen molar-refractivity contribution in [2.75, 3.05) is 39.1 Å². The Kier molecular flexibility index (Phi) is 7.55. The number of aryl methyl sites for hydroxylation is 1. The molecule has 1 atom stereocenters. The van der Waals surface area contributed by atoms with Gasteiger partial charge in [-0.3, -0.25) is 0 Å². The van der Waals surface area contributed by atoms with E-state index in [2.05, 4.69) is 25.5 Å².